The molecular formula is C28H38N2O8. The molecular weight excluding hydrogens is 492 g/mol. The summed E-state index contributed by atoms with van der Waals surface area (Å²) in [6.45, 7) is 13.5. The van der Waals surface area contributed by atoms with Crippen LogP contribution < -0.4 is 0 Å². The molecule has 3 heterocycles. The predicted octanol–water partition coefficient (Wildman–Crippen LogP) is 4.96. The van der Waals surface area contributed by atoms with Gasteiger partial charge in [-0.25, -0.2) is 0 Å². The number of rotatable bonds is 9. The lowest BCUT2D eigenvalue weighted by Gasteiger charge is -2.13. The Morgan fingerprint density at radius 3 is 1.92 bits per heavy atom. The van der Waals surface area contributed by atoms with Crippen molar-refractivity contribution in [3.63, 3.8) is 0 Å². The lowest BCUT2D eigenvalue weighted by atomic mass is 9.90. The van der Waals surface area contributed by atoms with E-state index in [1.807, 2.05) is 20.8 Å². The fraction of sp³-hybridized carbons (Fsp3) is 0.536. The number of carbonyl (C=O) groups is 5. The molecule has 2 atom stereocenters. The van der Waals surface area contributed by atoms with Gasteiger partial charge in [-0.05, 0) is 66.9 Å². The zero-order valence-corrected chi connectivity index (χ0v) is 23.5. The van der Waals surface area contributed by atoms with E-state index >= 15 is 0 Å². The Hall–Kier alpha value is -3.69. The maximum Gasteiger partial charge on any atom is 0.311 e. The number of nitrogens with zero attached hydrogens (tertiary/aromatic N) is 2. The van der Waals surface area contributed by atoms with E-state index in [9.17, 15) is 24.0 Å². The van der Waals surface area contributed by atoms with Crippen molar-refractivity contribution >= 4 is 29.1 Å². The molecule has 0 spiro atoms. The van der Waals surface area contributed by atoms with Crippen LogP contribution in [0.25, 0.3) is 0 Å². The molecule has 2 aromatic heterocycles. The minimum absolute atomic E-state index is 0.0442. The molecule has 0 saturated heterocycles. The molecule has 10 heteroatoms. The van der Waals surface area contributed by atoms with Gasteiger partial charge in [-0.15, -0.1) is 0 Å². The lowest BCUT2D eigenvalue weighted by Crippen LogP contribution is -2.20. The molecule has 2 aromatic rings. The average molecular weight is 531 g/mol. The van der Waals surface area contributed by atoms with Crippen LogP contribution in [0.3, 0.4) is 0 Å². The molecule has 1 aliphatic heterocycles. The highest BCUT2D eigenvalue weighted by molar-refractivity contribution is 6.06. The topological polar surface area (TPSA) is 147 Å². The van der Waals surface area contributed by atoms with E-state index in [4.69, 9.17) is 13.8 Å². The predicted molar refractivity (Wildman–Crippen MR) is 138 cm³/mol. The highest BCUT2D eigenvalue weighted by Gasteiger charge is 2.29. The van der Waals surface area contributed by atoms with Gasteiger partial charge in [0.05, 0.1) is 17.8 Å². The number of aromatic nitrogens is 2. The molecule has 38 heavy (non-hydrogen) atoms. The molecule has 0 N–H and O–H groups in total. The molecule has 0 saturated carbocycles. The second-order valence-electron chi connectivity index (χ2n) is 9.55. The second kappa shape index (κ2) is 15.5. The highest BCUT2D eigenvalue weighted by atomic mass is 16.5. The largest absolute Gasteiger partial charge is 0.431 e. The van der Waals surface area contributed by atoms with Crippen molar-refractivity contribution < 1.29 is 37.8 Å². The third-order valence-corrected chi connectivity index (χ3v) is 5.85. The molecule has 0 aliphatic carbocycles. The maximum absolute atomic E-state index is 12.1. The van der Waals surface area contributed by atoms with Crippen LogP contribution in [0.1, 0.15) is 96.1 Å². The van der Waals surface area contributed by atoms with E-state index in [1.54, 1.807) is 26.0 Å². The Morgan fingerprint density at radius 1 is 0.895 bits per heavy atom. The zero-order chi connectivity index (χ0) is 29.0. The summed E-state index contributed by atoms with van der Waals surface area (Å²) in [6.07, 6.45) is 2.39. The van der Waals surface area contributed by atoms with Gasteiger partial charge in [0.25, 0.3) is 0 Å². The van der Waals surface area contributed by atoms with E-state index < -0.39 is 5.92 Å². The van der Waals surface area contributed by atoms with E-state index in [0.29, 0.717) is 30.7 Å². The molecule has 0 bridgehead atoms. The summed E-state index contributed by atoms with van der Waals surface area (Å²) in [5.74, 6) is 0.181. The van der Waals surface area contributed by atoms with Crippen LogP contribution in [0.4, 0.5) is 0 Å². The second-order valence-corrected chi connectivity index (χ2v) is 9.55. The Kier molecular flexibility index (Phi) is 13.2. The smallest absolute Gasteiger partial charge is 0.311 e. The van der Waals surface area contributed by atoms with Crippen LogP contribution in [-0.2, 0) is 35.1 Å². The normalized spacial score (nSPS) is 14.3. The third kappa shape index (κ3) is 11.6. The number of hydrogen-bond acceptors (Lipinski definition) is 10. The lowest BCUT2D eigenvalue weighted by molar-refractivity contribution is -0.140. The van der Waals surface area contributed by atoms with E-state index in [2.05, 4.69) is 10.3 Å². The summed E-state index contributed by atoms with van der Waals surface area (Å²) in [6, 6.07) is 3.36. The number of hydrogen-bond donors (Lipinski definition) is 0. The number of Topliss-reactive ketones (excluding diaryl/α,β-unsaturated/α-hetero) is 4. The highest BCUT2D eigenvalue weighted by Crippen LogP contribution is 2.22. The van der Waals surface area contributed by atoms with Crippen molar-refractivity contribution in [1.29, 1.82) is 0 Å². The Balaban J connectivity index is 0.000000317. The van der Waals surface area contributed by atoms with Crippen LogP contribution in [0.2, 0.25) is 0 Å². The average Bonchev–Trinajstić information content (AvgIpc) is 3.42. The summed E-state index contributed by atoms with van der Waals surface area (Å²) < 4.78 is 14.6. The monoisotopic (exact) mass is 530 g/mol. The number of aryl methyl sites for hydroxylation is 2. The van der Waals surface area contributed by atoms with Crippen LogP contribution in [-0.4, -0.2) is 39.4 Å². The summed E-state index contributed by atoms with van der Waals surface area (Å²) in [4.78, 5) is 55.9. The minimum Gasteiger partial charge on any atom is -0.431 e. The zero-order valence-electron chi connectivity index (χ0n) is 23.5. The molecule has 2 unspecified atom stereocenters. The number of carbonyl (C=O) groups excluding carboxylic acids is 5. The molecule has 0 fully saturated rings. The molecule has 0 radical (unpaired) electrons. The van der Waals surface area contributed by atoms with Gasteiger partial charge >= 0.3 is 5.97 Å². The number of esters is 1. The van der Waals surface area contributed by atoms with Crippen LogP contribution >= 0.6 is 0 Å². The standard InChI is InChI=1S/C14H19NO4.C7H9NO2.C7H10O2/c1-8(10(3)16)5-6-12(18)14(11(4)17)13-7-9(2)15-19-13;1-5-3-7(10-8-5)4-6(2)9;1-5-3-4-7(8)9-6(5)2/h7-8,14H,5-6H2,1-4H3;3H,4H2,1-2H3;3-4H2,1-2H3. The van der Waals surface area contributed by atoms with Crippen molar-refractivity contribution in [2.24, 2.45) is 5.92 Å². The summed E-state index contributed by atoms with van der Waals surface area (Å²) >= 11 is 0. The molecule has 1 aliphatic rings. The van der Waals surface area contributed by atoms with E-state index in [-0.39, 0.29) is 47.2 Å². The minimum atomic E-state index is -0.902. The van der Waals surface area contributed by atoms with Crippen molar-refractivity contribution in [3.05, 3.63) is 46.4 Å². The number of cyclic esters (lactones) is 1. The molecule has 0 amide bonds. The van der Waals surface area contributed by atoms with Gasteiger partial charge in [-0.1, -0.05) is 17.2 Å². The number of ether oxygens (including phenoxy) is 1. The first-order valence-electron chi connectivity index (χ1n) is 12.5. The first-order valence-corrected chi connectivity index (χ1v) is 12.5. The van der Waals surface area contributed by atoms with Crippen molar-refractivity contribution in [2.45, 2.75) is 93.4 Å². The first-order chi connectivity index (χ1) is 17.7. The molecule has 3 rings (SSSR count). The number of ketones is 4. The van der Waals surface area contributed by atoms with Crippen molar-refractivity contribution in [2.75, 3.05) is 0 Å². The molecule has 208 valence electrons. The van der Waals surface area contributed by atoms with Gasteiger partial charge in [0.1, 0.15) is 34.8 Å². The number of allylic oxidation sites excluding steroid dienone is 2. The first kappa shape index (κ1) is 32.3. The van der Waals surface area contributed by atoms with Crippen LogP contribution in [0, 0.1) is 19.8 Å². The summed E-state index contributed by atoms with van der Waals surface area (Å²) in [5.41, 5.74) is 2.64. The van der Waals surface area contributed by atoms with Crippen molar-refractivity contribution in [3.8, 4) is 0 Å². The molecule has 0 aromatic carbocycles. The van der Waals surface area contributed by atoms with E-state index in [0.717, 1.165) is 17.9 Å². The van der Waals surface area contributed by atoms with Gasteiger partial charge in [0.2, 0.25) is 0 Å². The van der Waals surface area contributed by atoms with Crippen LogP contribution in [0.5, 0.6) is 0 Å². The molecule has 10 nitrogen and oxygen atoms in total. The fourth-order valence-corrected chi connectivity index (χ4v) is 3.33. The Bertz CT molecular complexity index is 1170. The van der Waals surface area contributed by atoms with Gasteiger partial charge in [-0.2, -0.15) is 0 Å². The third-order valence-electron chi connectivity index (χ3n) is 5.85. The SMILES string of the molecule is CC(=O)C(C)CCC(=O)C(C(C)=O)c1cc(C)no1.CC(=O)Cc1cc(C)no1.CC1=C(C)OC(=O)CC1. The summed E-state index contributed by atoms with van der Waals surface area (Å²) in [7, 11) is 0. The maximum atomic E-state index is 12.1. The quantitative estimate of drug-likeness (QED) is 0.322. The van der Waals surface area contributed by atoms with E-state index in [1.165, 1.54) is 26.3 Å². The van der Waals surface area contributed by atoms with Gasteiger partial charge in [0.15, 0.2) is 11.5 Å². The summed E-state index contributed by atoms with van der Waals surface area (Å²) in [5, 5.41) is 7.33. The van der Waals surface area contributed by atoms with Gasteiger partial charge in [-0.3, -0.25) is 24.0 Å². The van der Waals surface area contributed by atoms with Gasteiger partial charge in [0, 0.05) is 30.9 Å². The Morgan fingerprint density at radius 2 is 1.50 bits per heavy atom. The van der Waals surface area contributed by atoms with Gasteiger partial charge < -0.3 is 13.8 Å². The van der Waals surface area contributed by atoms with Crippen LogP contribution in [0.15, 0.2) is 32.5 Å². The fourth-order valence-electron chi connectivity index (χ4n) is 3.33. The van der Waals surface area contributed by atoms with Crippen molar-refractivity contribution in [1.82, 2.24) is 10.3 Å². The Labute approximate surface area is 223 Å².